The van der Waals surface area contributed by atoms with Crippen LogP contribution in [0.15, 0.2) is 39.9 Å². The molecule has 1 aromatic carbocycles. The Morgan fingerprint density at radius 3 is 2.79 bits per heavy atom. The lowest BCUT2D eigenvalue weighted by molar-refractivity contribution is 0.102. The number of carbonyl (C=O) groups excluding carboxylic acids is 1. The molecule has 122 valence electrons. The molecule has 2 heterocycles. The summed E-state index contributed by atoms with van der Waals surface area (Å²) in [6.07, 6.45) is 1.23. The van der Waals surface area contributed by atoms with Gasteiger partial charge in [0, 0.05) is 18.3 Å². The van der Waals surface area contributed by atoms with Gasteiger partial charge in [-0.2, -0.15) is 5.10 Å². The third-order valence-electron chi connectivity index (χ3n) is 3.68. The highest BCUT2D eigenvalue weighted by Gasteiger charge is 2.18. The van der Waals surface area contributed by atoms with Gasteiger partial charge in [0.05, 0.1) is 5.69 Å². The first-order valence-electron chi connectivity index (χ1n) is 7.20. The number of hydrogen-bond donors (Lipinski definition) is 1. The second kappa shape index (κ2) is 6.07. The van der Waals surface area contributed by atoms with E-state index in [0.29, 0.717) is 28.4 Å². The predicted octanol–water partition coefficient (Wildman–Crippen LogP) is 1.70. The normalized spacial score (nSPS) is 10.6. The van der Waals surface area contributed by atoms with E-state index in [1.807, 2.05) is 0 Å². The summed E-state index contributed by atoms with van der Waals surface area (Å²) in [6, 6.07) is 6.94. The summed E-state index contributed by atoms with van der Waals surface area (Å²) in [7, 11) is 1.52. The van der Waals surface area contributed by atoms with E-state index in [4.69, 9.17) is 4.42 Å². The van der Waals surface area contributed by atoms with Crippen LogP contribution in [0.4, 0.5) is 5.69 Å². The van der Waals surface area contributed by atoms with Gasteiger partial charge in [0.15, 0.2) is 0 Å². The Labute approximate surface area is 137 Å². The van der Waals surface area contributed by atoms with Crippen molar-refractivity contribution in [3.8, 4) is 11.5 Å². The quantitative estimate of drug-likeness (QED) is 0.786. The van der Waals surface area contributed by atoms with Crippen molar-refractivity contribution in [2.24, 2.45) is 7.05 Å². The molecule has 8 nitrogen and oxygen atoms in total. The van der Waals surface area contributed by atoms with E-state index in [9.17, 15) is 9.59 Å². The van der Waals surface area contributed by atoms with Gasteiger partial charge in [-0.1, -0.05) is 6.07 Å². The molecule has 0 spiro atoms. The van der Waals surface area contributed by atoms with Crippen LogP contribution in [0.5, 0.6) is 0 Å². The first-order chi connectivity index (χ1) is 11.5. The molecule has 0 aliphatic rings. The highest BCUT2D eigenvalue weighted by atomic mass is 16.4. The van der Waals surface area contributed by atoms with E-state index in [0.717, 1.165) is 4.68 Å². The Morgan fingerprint density at radius 2 is 2.08 bits per heavy atom. The standard InChI is InChI=1S/C16H15N5O3/c1-9-10(2)20-21(3)16(23)13(9)14(22)18-12-6-4-5-11(7-12)15-19-17-8-24-15/h4-8H,1-3H3,(H,18,22). The molecule has 0 atom stereocenters. The van der Waals surface area contributed by atoms with Crippen molar-refractivity contribution in [3.63, 3.8) is 0 Å². The number of anilines is 1. The van der Waals surface area contributed by atoms with Gasteiger partial charge in [-0.15, -0.1) is 10.2 Å². The van der Waals surface area contributed by atoms with Gasteiger partial charge >= 0.3 is 0 Å². The van der Waals surface area contributed by atoms with Crippen molar-refractivity contribution in [1.29, 1.82) is 0 Å². The Balaban J connectivity index is 1.94. The van der Waals surface area contributed by atoms with Crippen LogP contribution in [-0.2, 0) is 7.05 Å². The zero-order chi connectivity index (χ0) is 17.3. The van der Waals surface area contributed by atoms with Gasteiger partial charge in [-0.3, -0.25) is 9.59 Å². The lowest BCUT2D eigenvalue weighted by Crippen LogP contribution is -2.31. The van der Waals surface area contributed by atoms with Crippen LogP contribution in [0.2, 0.25) is 0 Å². The van der Waals surface area contributed by atoms with Crippen molar-refractivity contribution in [2.45, 2.75) is 13.8 Å². The fourth-order valence-corrected chi connectivity index (χ4v) is 2.34. The molecule has 2 aromatic heterocycles. The number of nitrogens with one attached hydrogen (secondary N) is 1. The number of nitrogens with zero attached hydrogens (tertiary/aromatic N) is 4. The van der Waals surface area contributed by atoms with Crippen molar-refractivity contribution in [3.05, 3.63) is 57.8 Å². The first-order valence-corrected chi connectivity index (χ1v) is 7.20. The molecule has 8 heteroatoms. The molecule has 0 fully saturated rings. The van der Waals surface area contributed by atoms with Crippen LogP contribution in [-0.4, -0.2) is 25.9 Å². The minimum absolute atomic E-state index is 0.0770. The fourth-order valence-electron chi connectivity index (χ4n) is 2.34. The van der Waals surface area contributed by atoms with E-state index in [2.05, 4.69) is 20.6 Å². The second-order valence-corrected chi connectivity index (χ2v) is 5.29. The van der Waals surface area contributed by atoms with Crippen LogP contribution >= 0.6 is 0 Å². The number of rotatable bonds is 3. The van der Waals surface area contributed by atoms with E-state index in [-0.39, 0.29) is 5.56 Å². The molecule has 1 N–H and O–H groups in total. The van der Waals surface area contributed by atoms with Crippen LogP contribution in [0.25, 0.3) is 11.5 Å². The Hall–Kier alpha value is -3.29. The van der Waals surface area contributed by atoms with Gasteiger partial charge in [0.2, 0.25) is 12.3 Å². The predicted molar refractivity (Wildman–Crippen MR) is 86.6 cm³/mol. The number of carbonyl (C=O) groups is 1. The highest BCUT2D eigenvalue weighted by Crippen LogP contribution is 2.20. The van der Waals surface area contributed by atoms with Crippen LogP contribution in [0, 0.1) is 13.8 Å². The summed E-state index contributed by atoms with van der Waals surface area (Å²) in [4.78, 5) is 24.8. The smallest absolute Gasteiger partial charge is 0.279 e. The summed E-state index contributed by atoms with van der Waals surface area (Å²) in [6.45, 7) is 3.45. The molecule has 1 amide bonds. The monoisotopic (exact) mass is 325 g/mol. The topological polar surface area (TPSA) is 103 Å². The van der Waals surface area contributed by atoms with Gasteiger partial charge < -0.3 is 9.73 Å². The van der Waals surface area contributed by atoms with Gasteiger partial charge in [0.25, 0.3) is 11.5 Å². The Kier molecular flexibility index (Phi) is 3.95. The average Bonchev–Trinajstić information content (AvgIpc) is 3.08. The lowest BCUT2D eigenvalue weighted by Gasteiger charge is -2.10. The van der Waals surface area contributed by atoms with Crippen molar-refractivity contribution < 1.29 is 9.21 Å². The Morgan fingerprint density at radius 1 is 1.29 bits per heavy atom. The highest BCUT2D eigenvalue weighted by molar-refractivity contribution is 6.05. The summed E-state index contributed by atoms with van der Waals surface area (Å²) in [5, 5.41) is 14.2. The zero-order valence-corrected chi connectivity index (χ0v) is 13.4. The maximum Gasteiger partial charge on any atom is 0.279 e. The van der Waals surface area contributed by atoms with Gasteiger partial charge in [0.1, 0.15) is 5.56 Å². The summed E-state index contributed by atoms with van der Waals surface area (Å²) in [5.74, 6) is -0.140. The lowest BCUT2D eigenvalue weighted by atomic mass is 10.1. The van der Waals surface area contributed by atoms with Crippen molar-refractivity contribution in [2.75, 3.05) is 5.32 Å². The number of benzene rings is 1. The van der Waals surface area contributed by atoms with Gasteiger partial charge in [-0.25, -0.2) is 4.68 Å². The van der Waals surface area contributed by atoms with Crippen molar-refractivity contribution >= 4 is 11.6 Å². The summed E-state index contributed by atoms with van der Waals surface area (Å²) < 4.78 is 6.30. The third kappa shape index (κ3) is 2.81. The van der Waals surface area contributed by atoms with Crippen LogP contribution in [0.1, 0.15) is 21.6 Å². The van der Waals surface area contributed by atoms with E-state index in [1.54, 1.807) is 38.1 Å². The molecule has 0 aliphatic carbocycles. The van der Waals surface area contributed by atoms with Gasteiger partial charge in [-0.05, 0) is 37.6 Å². The fraction of sp³-hybridized carbons (Fsp3) is 0.188. The summed E-state index contributed by atoms with van der Waals surface area (Å²) in [5.41, 5.74) is 2.01. The molecular weight excluding hydrogens is 310 g/mol. The maximum absolute atomic E-state index is 12.6. The minimum Gasteiger partial charge on any atom is -0.423 e. The maximum atomic E-state index is 12.6. The molecular formula is C16H15N5O3. The largest absolute Gasteiger partial charge is 0.423 e. The number of aromatic nitrogens is 4. The molecule has 0 aliphatic heterocycles. The Bertz CT molecular complexity index is 960. The first kappa shape index (κ1) is 15.6. The number of amides is 1. The van der Waals surface area contributed by atoms with E-state index >= 15 is 0 Å². The molecule has 0 radical (unpaired) electrons. The molecule has 24 heavy (non-hydrogen) atoms. The second-order valence-electron chi connectivity index (χ2n) is 5.29. The summed E-state index contributed by atoms with van der Waals surface area (Å²) >= 11 is 0. The minimum atomic E-state index is -0.485. The average molecular weight is 325 g/mol. The van der Waals surface area contributed by atoms with E-state index < -0.39 is 11.5 Å². The third-order valence-corrected chi connectivity index (χ3v) is 3.68. The number of aryl methyl sites for hydroxylation is 2. The molecule has 0 bridgehead atoms. The molecule has 0 saturated heterocycles. The van der Waals surface area contributed by atoms with Crippen molar-refractivity contribution in [1.82, 2.24) is 20.0 Å². The molecule has 3 rings (SSSR count). The SMILES string of the molecule is Cc1nn(C)c(=O)c(C(=O)Nc2cccc(-c3nnco3)c2)c1C. The molecule has 3 aromatic rings. The molecule has 0 unspecified atom stereocenters. The van der Waals surface area contributed by atoms with Crippen LogP contribution < -0.4 is 10.9 Å². The van der Waals surface area contributed by atoms with E-state index in [1.165, 1.54) is 13.4 Å². The molecule has 0 saturated carbocycles. The number of hydrogen-bond acceptors (Lipinski definition) is 6. The zero-order valence-electron chi connectivity index (χ0n) is 13.4. The van der Waals surface area contributed by atoms with Crippen LogP contribution in [0.3, 0.4) is 0 Å².